The van der Waals surface area contributed by atoms with Gasteiger partial charge in [0.25, 0.3) is 5.69 Å². The molecular weight excluding hydrogens is 342 g/mol. The molecule has 1 heterocycles. The van der Waals surface area contributed by atoms with Gasteiger partial charge in [0.1, 0.15) is 11.3 Å². The highest BCUT2D eigenvalue weighted by Gasteiger charge is 2.24. The molecule has 1 aromatic heterocycles. The molecule has 3 aromatic rings. The molecule has 26 heavy (non-hydrogen) atoms. The zero-order chi connectivity index (χ0) is 18.8. The molecule has 0 amide bonds. The molecule has 0 spiro atoms. The summed E-state index contributed by atoms with van der Waals surface area (Å²) in [5.41, 5.74) is 0.999. The first-order valence-corrected chi connectivity index (χ1v) is 7.44. The summed E-state index contributed by atoms with van der Waals surface area (Å²) in [6.07, 6.45) is 0. The van der Waals surface area contributed by atoms with Crippen LogP contribution in [-0.4, -0.2) is 31.1 Å². The van der Waals surface area contributed by atoms with E-state index in [-0.39, 0.29) is 16.8 Å². The SMILES string of the molecule is COC(=O)c1ccc2oc(-c3ccc([N+](=O)[O-])cc3)cc2c1C(=O)OC. The van der Waals surface area contributed by atoms with Crippen LogP contribution in [0.15, 0.2) is 46.9 Å². The Morgan fingerprint density at radius 2 is 1.65 bits per heavy atom. The van der Waals surface area contributed by atoms with Crippen molar-refractivity contribution in [3.8, 4) is 11.3 Å². The Bertz CT molecular complexity index is 1020. The van der Waals surface area contributed by atoms with Crippen molar-refractivity contribution in [3.63, 3.8) is 0 Å². The summed E-state index contributed by atoms with van der Waals surface area (Å²) in [7, 11) is 2.42. The second-order valence-corrected chi connectivity index (χ2v) is 5.30. The number of methoxy groups -OCH3 is 2. The number of furan rings is 1. The summed E-state index contributed by atoms with van der Waals surface area (Å²) in [6, 6.07) is 10.3. The van der Waals surface area contributed by atoms with E-state index in [9.17, 15) is 19.7 Å². The number of nitro groups is 1. The lowest BCUT2D eigenvalue weighted by atomic mass is 10.0. The molecule has 0 fully saturated rings. The fourth-order valence-corrected chi connectivity index (χ4v) is 2.60. The van der Waals surface area contributed by atoms with Crippen molar-refractivity contribution in [2.24, 2.45) is 0 Å². The Labute approximate surface area is 147 Å². The Balaban J connectivity index is 2.17. The number of nitrogens with zero attached hydrogens (tertiary/aromatic N) is 1. The minimum atomic E-state index is -0.702. The Morgan fingerprint density at radius 3 is 2.23 bits per heavy atom. The van der Waals surface area contributed by atoms with Crippen LogP contribution in [0.25, 0.3) is 22.3 Å². The number of nitro benzene ring substituents is 1. The standard InChI is InChI=1S/C18H13NO7/c1-24-17(20)12-7-8-14-13(16(12)18(21)25-2)9-15(26-14)10-3-5-11(6-4-10)19(22)23/h3-9H,1-2H3. The van der Waals surface area contributed by atoms with Crippen molar-refractivity contribution in [2.75, 3.05) is 14.2 Å². The van der Waals surface area contributed by atoms with Crippen molar-refractivity contribution < 1.29 is 28.4 Å². The molecule has 3 rings (SSSR count). The summed E-state index contributed by atoms with van der Waals surface area (Å²) in [6.45, 7) is 0. The molecule has 0 aliphatic rings. The molecule has 0 saturated carbocycles. The van der Waals surface area contributed by atoms with Crippen LogP contribution < -0.4 is 0 Å². The maximum Gasteiger partial charge on any atom is 0.339 e. The number of carbonyl (C=O) groups is 2. The number of fused-ring (bicyclic) bond motifs is 1. The number of ether oxygens (including phenoxy) is 2. The molecule has 0 unspecified atom stereocenters. The van der Waals surface area contributed by atoms with Gasteiger partial charge in [-0.05, 0) is 30.3 Å². The van der Waals surface area contributed by atoms with Gasteiger partial charge in [0, 0.05) is 23.1 Å². The van der Waals surface area contributed by atoms with Crippen molar-refractivity contribution in [1.29, 1.82) is 0 Å². The van der Waals surface area contributed by atoms with Gasteiger partial charge in [0.05, 0.1) is 30.3 Å². The number of rotatable bonds is 4. The van der Waals surface area contributed by atoms with Crippen LogP contribution in [0.3, 0.4) is 0 Å². The van der Waals surface area contributed by atoms with Gasteiger partial charge in [0.2, 0.25) is 0 Å². The lowest BCUT2D eigenvalue weighted by Crippen LogP contribution is -2.12. The first kappa shape index (κ1) is 17.2. The maximum atomic E-state index is 12.2. The molecule has 0 saturated heterocycles. The van der Waals surface area contributed by atoms with E-state index in [1.807, 2.05) is 0 Å². The van der Waals surface area contributed by atoms with Gasteiger partial charge in [-0.15, -0.1) is 0 Å². The van der Waals surface area contributed by atoms with E-state index >= 15 is 0 Å². The second kappa shape index (κ2) is 6.67. The Morgan fingerprint density at radius 1 is 1.00 bits per heavy atom. The predicted octanol–water partition coefficient (Wildman–Crippen LogP) is 3.58. The average Bonchev–Trinajstić information content (AvgIpc) is 3.10. The average molecular weight is 355 g/mol. The third-order valence-corrected chi connectivity index (χ3v) is 3.86. The van der Waals surface area contributed by atoms with Crippen LogP contribution >= 0.6 is 0 Å². The molecule has 8 nitrogen and oxygen atoms in total. The van der Waals surface area contributed by atoms with Crippen molar-refractivity contribution in [3.05, 3.63) is 63.7 Å². The van der Waals surface area contributed by atoms with Gasteiger partial charge in [0.15, 0.2) is 0 Å². The number of hydrogen-bond donors (Lipinski definition) is 0. The fraction of sp³-hybridized carbons (Fsp3) is 0.111. The predicted molar refractivity (Wildman–Crippen MR) is 91.0 cm³/mol. The number of esters is 2. The molecule has 0 N–H and O–H groups in total. The summed E-state index contributed by atoms with van der Waals surface area (Å²) in [4.78, 5) is 34.4. The number of non-ortho nitro benzene ring substituents is 1. The number of carbonyl (C=O) groups excluding carboxylic acids is 2. The van der Waals surface area contributed by atoms with Crippen molar-refractivity contribution in [2.45, 2.75) is 0 Å². The molecular formula is C18H13NO7. The van der Waals surface area contributed by atoms with Crippen LogP contribution in [0.4, 0.5) is 5.69 Å². The number of hydrogen-bond acceptors (Lipinski definition) is 7. The van der Waals surface area contributed by atoms with Crippen LogP contribution in [0.5, 0.6) is 0 Å². The Kier molecular flexibility index (Phi) is 4.40. The van der Waals surface area contributed by atoms with Gasteiger partial charge >= 0.3 is 11.9 Å². The first-order chi connectivity index (χ1) is 12.5. The van der Waals surface area contributed by atoms with Gasteiger partial charge in [-0.2, -0.15) is 0 Å². The smallest absolute Gasteiger partial charge is 0.339 e. The lowest BCUT2D eigenvalue weighted by Gasteiger charge is -2.06. The normalized spacial score (nSPS) is 10.5. The lowest BCUT2D eigenvalue weighted by molar-refractivity contribution is -0.384. The van der Waals surface area contributed by atoms with E-state index in [1.165, 1.54) is 44.6 Å². The van der Waals surface area contributed by atoms with Crippen LogP contribution in [-0.2, 0) is 9.47 Å². The van der Waals surface area contributed by atoms with Crippen LogP contribution in [0, 0.1) is 10.1 Å². The maximum absolute atomic E-state index is 12.2. The highest BCUT2D eigenvalue weighted by molar-refractivity contribution is 6.12. The molecule has 8 heteroatoms. The highest BCUT2D eigenvalue weighted by Crippen LogP contribution is 2.33. The summed E-state index contributed by atoms with van der Waals surface area (Å²) >= 11 is 0. The minimum Gasteiger partial charge on any atom is -0.465 e. The van der Waals surface area contributed by atoms with Gasteiger partial charge < -0.3 is 13.9 Å². The van der Waals surface area contributed by atoms with E-state index in [4.69, 9.17) is 13.9 Å². The minimum absolute atomic E-state index is 0.0359. The first-order valence-electron chi connectivity index (χ1n) is 7.44. The largest absolute Gasteiger partial charge is 0.465 e. The van der Waals surface area contributed by atoms with Gasteiger partial charge in [-0.1, -0.05) is 0 Å². The quantitative estimate of drug-likeness (QED) is 0.400. The van der Waals surface area contributed by atoms with Crippen LogP contribution in [0.2, 0.25) is 0 Å². The van der Waals surface area contributed by atoms with Crippen molar-refractivity contribution in [1.82, 2.24) is 0 Å². The highest BCUT2D eigenvalue weighted by atomic mass is 16.6. The zero-order valence-electron chi connectivity index (χ0n) is 13.8. The van der Waals surface area contributed by atoms with E-state index in [0.29, 0.717) is 22.3 Å². The van der Waals surface area contributed by atoms with E-state index in [2.05, 4.69) is 0 Å². The molecule has 2 aromatic carbocycles. The topological polar surface area (TPSA) is 109 Å². The monoisotopic (exact) mass is 355 g/mol. The molecule has 0 radical (unpaired) electrons. The summed E-state index contributed by atoms with van der Waals surface area (Å²) < 4.78 is 15.2. The zero-order valence-corrected chi connectivity index (χ0v) is 13.8. The fourth-order valence-electron chi connectivity index (χ4n) is 2.60. The molecule has 132 valence electrons. The van der Waals surface area contributed by atoms with E-state index in [0.717, 1.165) is 0 Å². The van der Waals surface area contributed by atoms with Gasteiger partial charge in [-0.3, -0.25) is 10.1 Å². The van der Waals surface area contributed by atoms with E-state index < -0.39 is 16.9 Å². The molecule has 0 aliphatic heterocycles. The molecule has 0 bridgehead atoms. The third kappa shape index (κ3) is 2.88. The Hall–Kier alpha value is -3.68. The molecule has 0 aliphatic carbocycles. The summed E-state index contributed by atoms with van der Waals surface area (Å²) in [5, 5.41) is 11.1. The van der Waals surface area contributed by atoms with Crippen LogP contribution in [0.1, 0.15) is 20.7 Å². The summed E-state index contributed by atoms with van der Waals surface area (Å²) in [5.74, 6) is -0.987. The number of benzene rings is 2. The molecule has 0 atom stereocenters. The van der Waals surface area contributed by atoms with E-state index in [1.54, 1.807) is 12.1 Å². The van der Waals surface area contributed by atoms with Crippen molar-refractivity contribution >= 4 is 28.6 Å². The van der Waals surface area contributed by atoms with Gasteiger partial charge in [-0.25, -0.2) is 9.59 Å². The second-order valence-electron chi connectivity index (χ2n) is 5.30. The third-order valence-electron chi connectivity index (χ3n) is 3.86.